The predicted molar refractivity (Wildman–Crippen MR) is 76.6 cm³/mol. The Bertz CT molecular complexity index is 464. The number of hydrogen-bond acceptors (Lipinski definition) is 4. The highest BCUT2D eigenvalue weighted by atomic mass is 19.1. The highest BCUT2D eigenvalue weighted by Crippen LogP contribution is 2.08. The Hall–Kier alpha value is -1.50. The van der Waals surface area contributed by atoms with Crippen LogP contribution in [0.5, 0.6) is 0 Å². The zero-order valence-corrected chi connectivity index (χ0v) is 12.0. The number of halogens is 1. The lowest BCUT2D eigenvalue weighted by Crippen LogP contribution is -2.43. The summed E-state index contributed by atoms with van der Waals surface area (Å²) in [6.07, 6.45) is 0. The molecule has 0 spiro atoms. The molecule has 1 amide bonds. The number of ether oxygens (including phenoxy) is 1. The number of aliphatic hydroxyl groups is 1. The zero-order valence-electron chi connectivity index (χ0n) is 12.0. The maximum absolute atomic E-state index is 13.2. The van der Waals surface area contributed by atoms with Crippen LogP contribution in [0.4, 0.5) is 4.39 Å². The first-order chi connectivity index (χ1) is 10.2. The van der Waals surface area contributed by atoms with Gasteiger partial charge in [0, 0.05) is 38.3 Å². The molecular formula is C15H21FN2O3. The van der Waals surface area contributed by atoms with Gasteiger partial charge in [-0.1, -0.05) is 6.07 Å². The van der Waals surface area contributed by atoms with Crippen molar-refractivity contribution >= 4 is 5.91 Å². The molecule has 6 heteroatoms. The lowest BCUT2D eigenvalue weighted by molar-refractivity contribution is 0.0315. The number of carbonyl (C=O) groups excluding carboxylic acids is 1. The second-order valence-electron chi connectivity index (χ2n) is 4.98. The first-order valence-electron chi connectivity index (χ1n) is 7.16. The van der Waals surface area contributed by atoms with Gasteiger partial charge in [-0.25, -0.2) is 4.39 Å². The molecule has 1 aromatic rings. The van der Waals surface area contributed by atoms with Crippen LogP contribution in [0.2, 0.25) is 0 Å². The number of benzene rings is 1. The van der Waals surface area contributed by atoms with Crippen molar-refractivity contribution in [1.82, 2.24) is 9.80 Å². The van der Waals surface area contributed by atoms with Crippen LogP contribution in [0, 0.1) is 5.82 Å². The topological polar surface area (TPSA) is 53.0 Å². The van der Waals surface area contributed by atoms with E-state index in [0.717, 1.165) is 19.6 Å². The molecular weight excluding hydrogens is 275 g/mol. The average Bonchev–Trinajstić information content (AvgIpc) is 2.52. The molecule has 0 aromatic heterocycles. The molecule has 0 radical (unpaired) electrons. The minimum Gasteiger partial charge on any atom is -0.395 e. The van der Waals surface area contributed by atoms with Crippen molar-refractivity contribution in [1.29, 1.82) is 0 Å². The minimum atomic E-state index is -0.432. The van der Waals surface area contributed by atoms with Gasteiger partial charge in [0.25, 0.3) is 5.91 Å². The van der Waals surface area contributed by atoms with Gasteiger partial charge in [-0.15, -0.1) is 0 Å². The van der Waals surface area contributed by atoms with Crippen LogP contribution in [0.1, 0.15) is 10.4 Å². The molecule has 0 atom stereocenters. The van der Waals surface area contributed by atoms with Crippen LogP contribution in [0.3, 0.4) is 0 Å². The molecule has 0 aliphatic carbocycles. The molecule has 1 N–H and O–H groups in total. The largest absolute Gasteiger partial charge is 0.395 e. The number of nitrogens with zero attached hydrogens (tertiary/aromatic N) is 2. The van der Waals surface area contributed by atoms with Gasteiger partial charge in [-0.05, 0) is 18.2 Å². The fourth-order valence-corrected chi connectivity index (χ4v) is 2.33. The second kappa shape index (κ2) is 8.07. The minimum absolute atomic E-state index is 0.107. The van der Waals surface area contributed by atoms with Gasteiger partial charge in [0.2, 0.25) is 0 Å². The molecule has 1 saturated heterocycles. The van der Waals surface area contributed by atoms with Gasteiger partial charge in [-0.3, -0.25) is 9.69 Å². The summed E-state index contributed by atoms with van der Waals surface area (Å²) in [5.74, 6) is -0.685. The lowest BCUT2D eigenvalue weighted by atomic mass is 10.2. The van der Waals surface area contributed by atoms with E-state index in [1.165, 1.54) is 18.2 Å². The Morgan fingerprint density at radius 3 is 2.76 bits per heavy atom. The van der Waals surface area contributed by atoms with Crippen LogP contribution >= 0.6 is 0 Å². The average molecular weight is 296 g/mol. The number of carbonyl (C=O) groups is 1. The fraction of sp³-hybridized carbons (Fsp3) is 0.533. The van der Waals surface area contributed by atoms with Crippen LogP contribution < -0.4 is 0 Å². The SMILES string of the molecule is O=C(c1cccc(F)c1)N(CCO)CCN1CCOCC1. The third kappa shape index (κ3) is 4.77. The molecule has 5 nitrogen and oxygen atoms in total. The molecule has 1 aliphatic rings. The van der Waals surface area contributed by atoms with E-state index < -0.39 is 5.82 Å². The molecule has 2 rings (SSSR count). The van der Waals surface area contributed by atoms with Crippen LogP contribution in [0.25, 0.3) is 0 Å². The maximum Gasteiger partial charge on any atom is 0.254 e. The van der Waals surface area contributed by atoms with E-state index in [0.29, 0.717) is 25.3 Å². The van der Waals surface area contributed by atoms with E-state index in [2.05, 4.69) is 4.90 Å². The van der Waals surface area contributed by atoms with E-state index in [1.807, 2.05) is 0 Å². The summed E-state index contributed by atoms with van der Waals surface area (Å²) in [5.41, 5.74) is 0.311. The Kier molecular flexibility index (Phi) is 6.10. The van der Waals surface area contributed by atoms with Gasteiger partial charge in [0.15, 0.2) is 0 Å². The summed E-state index contributed by atoms with van der Waals surface area (Å²) < 4.78 is 18.5. The maximum atomic E-state index is 13.2. The van der Waals surface area contributed by atoms with E-state index in [1.54, 1.807) is 11.0 Å². The Morgan fingerprint density at radius 2 is 2.10 bits per heavy atom. The fourth-order valence-electron chi connectivity index (χ4n) is 2.33. The summed E-state index contributed by atoms with van der Waals surface area (Å²) in [5, 5.41) is 9.12. The predicted octanol–water partition coefficient (Wildman–Crippen LogP) is 0.592. The van der Waals surface area contributed by atoms with E-state index in [4.69, 9.17) is 9.84 Å². The Balaban J connectivity index is 1.95. The summed E-state index contributed by atoms with van der Waals surface area (Å²) in [6, 6.07) is 5.63. The van der Waals surface area contributed by atoms with Gasteiger partial charge >= 0.3 is 0 Å². The van der Waals surface area contributed by atoms with E-state index in [-0.39, 0.29) is 19.1 Å². The number of rotatable bonds is 6. The molecule has 0 bridgehead atoms. The standard InChI is InChI=1S/C15H21FN2O3/c16-14-3-1-2-13(12-14)15(20)18(6-9-19)5-4-17-7-10-21-11-8-17/h1-3,12,19H,4-11H2. The van der Waals surface area contributed by atoms with Crippen molar-refractivity contribution in [2.75, 3.05) is 52.5 Å². The van der Waals surface area contributed by atoms with Crippen molar-refractivity contribution in [2.45, 2.75) is 0 Å². The normalized spacial score (nSPS) is 15.9. The van der Waals surface area contributed by atoms with Crippen LogP contribution in [-0.2, 0) is 4.74 Å². The smallest absolute Gasteiger partial charge is 0.254 e. The van der Waals surface area contributed by atoms with Crippen molar-refractivity contribution in [3.05, 3.63) is 35.6 Å². The first-order valence-corrected chi connectivity index (χ1v) is 7.16. The summed E-state index contributed by atoms with van der Waals surface area (Å²) in [7, 11) is 0. The van der Waals surface area contributed by atoms with Gasteiger partial charge in [0.05, 0.1) is 19.8 Å². The summed E-state index contributed by atoms with van der Waals surface area (Å²) >= 11 is 0. The van der Waals surface area contributed by atoms with Crippen molar-refractivity contribution in [2.24, 2.45) is 0 Å². The first kappa shape index (κ1) is 15.9. The van der Waals surface area contributed by atoms with Crippen molar-refractivity contribution < 1.29 is 19.0 Å². The van der Waals surface area contributed by atoms with E-state index in [9.17, 15) is 9.18 Å². The highest BCUT2D eigenvalue weighted by Gasteiger charge is 2.18. The highest BCUT2D eigenvalue weighted by molar-refractivity contribution is 5.94. The molecule has 1 heterocycles. The number of hydrogen-bond donors (Lipinski definition) is 1. The molecule has 21 heavy (non-hydrogen) atoms. The number of amides is 1. The van der Waals surface area contributed by atoms with Crippen LogP contribution in [0.15, 0.2) is 24.3 Å². The van der Waals surface area contributed by atoms with Gasteiger partial charge in [0.1, 0.15) is 5.82 Å². The molecule has 116 valence electrons. The Morgan fingerprint density at radius 1 is 1.33 bits per heavy atom. The van der Waals surface area contributed by atoms with Crippen LogP contribution in [-0.4, -0.2) is 73.4 Å². The number of aliphatic hydroxyl groups excluding tert-OH is 1. The van der Waals surface area contributed by atoms with Gasteiger partial charge < -0.3 is 14.7 Å². The molecule has 0 saturated carbocycles. The lowest BCUT2D eigenvalue weighted by Gasteiger charge is -2.30. The second-order valence-corrected chi connectivity index (χ2v) is 4.98. The zero-order chi connectivity index (χ0) is 15.1. The summed E-state index contributed by atoms with van der Waals surface area (Å²) in [6.45, 7) is 4.49. The molecule has 1 fully saturated rings. The van der Waals surface area contributed by atoms with E-state index >= 15 is 0 Å². The van der Waals surface area contributed by atoms with Crippen molar-refractivity contribution in [3.8, 4) is 0 Å². The monoisotopic (exact) mass is 296 g/mol. The molecule has 0 unspecified atom stereocenters. The molecule has 1 aromatic carbocycles. The Labute approximate surface area is 123 Å². The molecule has 1 aliphatic heterocycles. The van der Waals surface area contributed by atoms with Gasteiger partial charge in [-0.2, -0.15) is 0 Å². The number of morpholine rings is 1. The quantitative estimate of drug-likeness (QED) is 0.835. The summed E-state index contributed by atoms with van der Waals surface area (Å²) in [4.78, 5) is 16.1. The van der Waals surface area contributed by atoms with Crippen molar-refractivity contribution in [3.63, 3.8) is 0 Å². The third-order valence-corrected chi connectivity index (χ3v) is 3.52. The third-order valence-electron chi connectivity index (χ3n) is 3.52.